The van der Waals surface area contributed by atoms with Crippen molar-refractivity contribution in [2.45, 2.75) is 62.5 Å². The minimum Gasteiger partial charge on any atom is -0.293 e. The van der Waals surface area contributed by atoms with Gasteiger partial charge < -0.3 is 0 Å². The summed E-state index contributed by atoms with van der Waals surface area (Å²) in [7, 11) is 2.11. The maximum Gasteiger partial charge on any atom is 0.0887 e. The van der Waals surface area contributed by atoms with Crippen LogP contribution in [-0.2, 0) is 10.3 Å². The van der Waals surface area contributed by atoms with Gasteiger partial charge in [-0.25, -0.2) is 0 Å². The van der Waals surface area contributed by atoms with Gasteiger partial charge in [-0.05, 0) is 55.9 Å². The van der Waals surface area contributed by atoms with Crippen LogP contribution in [0.2, 0.25) is 0 Å². The van der Waals surface area contributed by atoms with Crippen LogP contribution in [0.3, 0.4) is 0 Å². The van der Waals surface area contributed by atoms with Crippen molar-refractivity contribution in [3.8, 4) is 0 Å². The molecule has 1 aliphatic carbocycles. The van der Waals surface area contributed by atoms with Gasteiger partial charge in [-0.15, -0.1) is 11.8 Å². The van der Waals surface area contributed by atoms with Gasteiger partial charge in [0.25, 0.3) is 0 Å². The number of fused-ring (bicyclic) bond motifs is 1. The van der Waals surface area contributed by atoms with Gasteiger partial charge in [-0.2, -0.15) is 5.06 Å². The lowest BCUT2D eigenvalue weighted by Crippen LogP contribution is -2.48. The minimum atomic E-state index is -0.0658. The summed E-state index contributed by atoms with van der Waals surface area (Å²) < 4.78 is 0. The summed E-state index contributed by atoms with van der Waals surface area (Å²) >= 11 is 1.87. The lowest BCUT2D eigenvalue weighted by atomic mass is 9.59. The normalized spacial score (nSPS) is 38.0. The number of rotatable bonds is 2. The molecule has 3 rings (SSSR count). The lowest BCUT2D eigenvalue weighted by molar-refractivity contribution is -0.182. The van der Waals surface area contributed by atoms with E-state index in [1.54, 1.807) is 0 Å². The van der Waals surface area contributed by atoms with Crippen LogP contribution in [0.15, 0.2) is 29.2 Å². The topological polar surface area (TPSA) is 12.5 Å². The Morgan fingerprint density at radius 2 is 1.86 bits per heavy atom. The molecule has 1 unspecified atom stereocenters. The average Bonchev–Trinajstić information content (AvgIpc) is 2.68. The molecule has 2 aliphatic rings. The first-order valence-electron chi connectivity index (χ1n) is 8.34. The summed E-state index contributed by atoms with van der Waals surface area (Å²) in [5, 5.41) is 2.13. The second kappa shape index (κ2) is 5.54. The monoisotopic (exact) mass is 319 g/mol. The van der Waals surface area contributed by atoms with Gasteiger partial charge >= 0.3 is 0 Å². The van der Waals surface area contributed by atoms with Crippen molar-refractivity contribution in [2.75, 3.05) is 13.3 Å². The largest absolute Gasteiger partial charge is 0.293 e. The highest BCUT2D eigenvalue weighted by atomic mass is 32.2. The first-order valence-corrected chi connectivity index (χ1v) is 9.56. The van der Waals surface area contributed by atoms with Crippen molar-refractivity contribution in [2.24, 2.45) is 11.8 Å². The maximum absolute atomic E-state index is 6.18. The van der Waals surface area contributed by atoms with E-state index in [4.69, 9.17) is 4.84 Å². The molecule has 0 spiro atoms. The molecule has 3 heteroatoms. The first-order chi connectivity index (χ1) is 10.3. The first kappa shape index (κ1) is 16.4. The zero-order chi connectivity index (χ0) is 16.1. The van der Waals surface area contributed by atoms with Gasteiger partial charge in [0.2, 0.25) is 0 Å². The second-order valence-electron chi connectivity index (χ2n) is 7.98. The number of hydrogen-bond acceptors (Lipinski definition) is 3. The molecule has 1 saturated carbocycles. The molecule has 1 saturated heterocycles. The molecule has 0 amide bonds. The lowest BCUT2D eigenvalue weighted by Gasteiger charge is -2.47. The van der Waals surface area contributed by atoms with E-state index >= 15 is 0 Å². The molecule has 1 aromatic carbocycles. The fourth-order valence-corrected chi connectivity index (χ4v) is 5.80. The fourth-order valence-electron chi connectivity index (χ4n) is 5.05. The molecule has 1 aliphatic heterocycles. The molecule has 0 radical (unpaired) electrons. The molecule has 0 aromatic heterocycles. The van der Waals surface area contributed by atoms with Crippen LogP contribution < -0.4 is 0 Å². The van der Waals surface area contributed by atoms with E-state index in [0.717, 1.165) is 0 Å². The van der Waals surface area contributed by atoms with E-state index in [0.29, 0.717) is 17.9 Å². The Morgan fingerprint density at radius 3 is 2.55 bits per heavy atom. The molecule has 0 bridgehead atoms. The van der Waals surface area contributed by atoms with E-state index in [1.165, 1.54) is 23.3 Å². The summed E-state index contributed by atoms with van der Waals surface area (Å²) in [6.45, 7) is 9.38. The summed E-state index contributed by atoms with van der Waals surface area (Å²) in [6, 6.07) is 9.50. The van der Waals surface area contributed by atoms with Crippen molar-refractivity contribution < 1.29 is 4.84 Å². The number of nitrogens with zero attached hydrogens (tertiary/aromatic N) is 1. The predicted molar refractivity (Wildman–Crippen MR) is 94.2 cm³/mol. The Kier molecular flexibility index (Phi) is 4.12. The van der Waals surface area contributed by atoms with Crippen molar-refractivity contribution >= 4 is 11.8 Å². The summed E-state index contributed by atoms with van der Waals surface area (Å²) in [6.07, 6.45) is 4.63. The maximum atomic E-state index is 6.18. The summed E-state index contributed by atoms with van der Waals surface area (Å²) in [5.41, 5.74) is 1.70. The third-order valence-electron chi connectivity index (χ3n) is 5.89. The highest BCUT2D eigenvalue weighted by Crippen LogP contribution is 2.54. The molecule has 2 nitrogen and oxygen atoms in total. The molecule has 4 atom stereocenters. The molecule has 122 valence electrons. The van der Waals surface area contributed by atoms with Crippen molar-refractivity contribution in [3.05, 3.63) is 29.8 Å². The highest BCUT2D eigenvalue weighted by molar-refractivity contribution is 7.98. The average molecular weight is 320 g/mol. The summed E-state index contributed by atoms with van der Waals surface area (Å²) in [4.78, 5) is 7.61. The SMILES string of the molecule is CSc1ccccc1[C@]1(C)CC(C)[C@@H]2[C@@H](C1)C(C)(C)ON2C. The van der Waals surface area contributed by atoms with Gasteiger partial charge in [-0.1, -0.05) is 32.0 Å². The Balaban J connectivity index is 2.00. The summed E-state index contributed by atoms with van der Waals surface area (Å²) in [5.74, 6) is 1.23. The zero-order valence-electron chi connectivity index (χ0n) is 14.7. The van der Waals surface area contributed by atoms with Gasteiger partial charge in [0.15, 0.2) is 0 Å². The molecule has 1 heterocycles. The van der Waals surface area contributed by atoms with E-state index in [2.05, 4.69) is 70.3 Å². The molecule has 0 N–H and O–H groups in total. The van der Waals surface area contributed by atoms with Crippen molar-refractivity contribution in [1.82, 2.24) is 5.06 Å². The van der Waals surface area contributed by atoms with Crippen molar-refractivity contribution in [1.29, 1.82) is 0 Å². The van der Waals surface area contributed by atoms with E-state index < -0.39 is 0 Å². The molecule has 22 heavy (non-hydrogen) atoms. The Bertz CT molecular complexity index is 558. The smallest absolute Gasteiger partial charge is 0.0887 e. The third kappa shape index (κ3) is 2.51. The second-order valence-corrected chi connectivity index (χ2v) is 8.83. The molecular weight excluding hydrogens is 290 g/mol. The van der Waals surface area contributed by atoms with Crippen LogP contribution in [0.4, 0.5) is 0 Å². The molecule has 1 aromatic rings. The Hall–Kier alpha value is -0.510. The zero-order valence-corrected chi connectivity index (χ0v) is 15.5. The van der Waals surface area contributed by atoms with Gasteiger partial charge in [0.1, 0.15) is 0 Å². The number of hydrogen-bond donors (Lipinski definition) is 0. The van der Waals surface area contributed by atoms with E-state index in [1.807, 2.05) is 11.8 Å². The van der Waals surface area contributed by atoms with Crippen molar-refractivity contribution in [3.63, 3.8) is 0 Å². The third-order valence-corrected chi connectivity index (χ3v) is 6.68. The number of hydroxylamine groups is 2. The van der Waals surface area contributed by atoms with Crippen LogP contribution in [0.25, 0.3) is 0 Å². The van der Waals surface area contributed by atoms with Gasteiger partial charge in [0, 0.05) is 23.9 Å². The standard InChI is InChI=1S/C19H29NOS/c1-13-11-19(4,14-9-7-8-10-16(14)22-6)12-15-17(13)20(5)21-18(15,2)3/h7-10,13,15,17H,11-12H2,1-6H3/t13?,15-,17-,19-/m1/s1. The number of thioether (sulfide) groups is 1. The molecule has 2 fully saturated rings. The van der Waals surface area contributed by atoms with Crippen LogP contribution in [0.1, 0.15) is 46.1 Å². The van der Waals surface area contributed by atoms with Crippen LogP contribution in [0.5, 0.6) is 0 Å². The minimum absolute atomic E-state index is 0.0658. The van der Waals surface area contributed by atoms with Crippen LogP contribution in [-0.4, -0.2) is 30.0 Å². The van der Waals surface area contributed by atoms with E-state index in [9.17, 15) is 0 Å². The predicted octanol–water partition coefficient (Wildman–Crippen LogP) is 4.74. The van der Waals surface area contributed by atoms with E-state index in [-0.39, 0.29) is 11.0 Å². The fraction of sp³-hybridized carbons (Fsp3) is 0.684. The van der Waals surface area contributed by atoms with Crippen LogP contribution >= 0.6 is 11.8 Å². The van der Waals surface area contributed by atoms with Crippen LogP contribution in [0, 0.1) is 11.8 Å². The van der Waals surface area contributed by atoms with Gasteiger partial charge in [0.05, 0.1) is 5.60 Å². The Morgan fingerprint density at radius 1 is 1.18 bits per heavy atom. The Labute approximate surface area is 139 Å². The number of benzene rings is 1. The highest BCUT2D eigenvalue weighted by Gasteiger charge is 2.55. The quantitative estimate of drug-likeness (QED) is 0.731. The van der Waals surface area contributed by atoms with Gasteiger partial charge in [-0.3, -0.25) is 4.84 Å². The molecular formula is C19H29NOS.